The second kappa shape index (κ2) is 8.41. The van der Waals surface area contributed by atoms with Gasteiger partial charge in [-0.25, -0.2) is 9.89 Å². The van der Waals surface area contributed by atoms with Crippen molar-refractivity contribution >= 4 is 24.4 Å². The van der Waals surface area contributed by atoms with Crippen molar-refractivity contribution in [2.24, 2.45) is 5.10 Å². The van der Waals surface area contributed by atoms with E-state index in [0.717, 1.165) is 16.9 Å². The van der Waals surface area contributed by atoms with E-state index in [9.17, 15) is 4.79 Å². The number of hydrogen-bond acceptors (Lipinski definition) is 6. The molecule has 0 spiro atoms. The fraction of sp³-hybridized carbons (Fsp3) is 0.158. The maximum Gasteiger partial charge on any atom is 0.337 e. The molecule has 0 unspecified atom stereocenters. The highest BCUT2D eigenvalue weighted by molar-refractivity contribution is 7.71. The monoisotopic (exact) mass is 382 g/mol. The summed E-state index contributed by atoms with van der Waals surface area (Å²) in [6, 6.07) is 14.4. The predicted octanol–water partition coefficient (Wildman–Crippen LogP) is 3.68. The predicted molar refractivity (Wildman–Crippen MR) is 105 cm³/mol. The number of rotatable bonds is 6. The summed E-state index contributed by atoms with van der Waals surface area (Å²) in [5, 5.41) is 11.4. The van der Waals surface area contributed by atoms with Crippen molar-refractivity contribution in [2.75, 3.05) is 13.7 Å². The fourth-order valence-corrected chi connectivity index (χ4v) is 2.60. The maximum absolute atomic E-state index is 11.5. The normalized spacial score (nSPS) is 10.9. The summed E-state index contributed by atoms with van der Waals surface area (Å²) in [4.78, 5) is 11.5. The number of hydrogen-bond donors (Lipinski definition) is 1. The minimum atomic E-state index is -0.382. The molecule has 3 rings (SSSR count). The second-order valence-corrected chi connectivity index (χ2v) is 5.87. The number of nitrogens with one attached hydrogen (secondary N) is 1. The van der Waals surface area contributed by atoms with E-state index < -0.39 is 0 Å². The Balaban J connectivity index is 1.89. The molecular formula is C19H18N4O3S. The number of aromatic nitrogens is 3. The highest BCUT2D eigenvalue weighted by Crippen LogP contribution is 2.22. The first-order valence-electron chi connectivity index (χ1n) is 8.25. The molecular weight excluding hydrogens is 364 g/mol. The topological polar surface area (TPSA) is 81.5 Å². The van der Waals surface area contributed by atoms with Crippen LogP contribution < -0.4 is 4.74 Å². The van der Waals surface area contributed by atoms with E-state index in [4.69, 9.17) is 17.0 Å². The molecule has 0 bridgehead atoms. The third kappa shape index (κ3) is 4.29. The van der Waals surface area contributed by atoms with Gasteiger partial charge in [-0.3, -0.25) is 0 Å². The van der Waals surface area contributed by atoms with E-state index >= 15 is 0 Å². The number of carbonyl (C=O) groups excluding carboxylic acids is 1. The molecule has 0 fully saturated rings. The number of nitrogens with zero attached hydrogens (tertiary/aromatic N) is 3. The van der Waals surface area contributed by atoms with E-state index in [2.05, 4.69) is 20.0 Å². The Labute approximate surface area is 161 Å². The molecule has 2 aromatic carbocycles. The molecule has 0 aliphatic rings. The third-order valence-electron chi connectivity index (χ3n) is 3.71. The molecule has 138 valence electrons. The second-order valence-electron chi connectivity index (χ2n) is 5.48. The van der Waals surface area contributed by atoms with E-state index in [1.54, 1.807) is 30.5 Å². The third-order valence-corrected chi connectivity index (χ3v) is 3.97. The van der Waals surface area contributed by atoms with Crippen molar-refractivity contribution in [3.63, 3.8) is 0 Å². The standard InChI is InChI=1S/C19H18N4O3S/c1-3-26-16-6-4-5-15(11-16)17-21-22-19(27)23(17)20-12-13-7-9-14(10-8-13)18(24)25-2/h4-12H,3H2,1-2H3,(H,22,27)/b20-12+. The van der Waals surface area contributed by atoms with Crippen molar-refractivity contribution in [3.8, 4) is 17.1 Å². The van der Waals surface area contributed by atoms with Gasteiger partial charge in [0.2, 0.25) is 4.77 Å². The van der Waals surface area contributed by atoms with Gasteiger partial charge in [-0.2, -0.15) is 14.9 Å². The van der Waals surface area contributed by atoms with Gasteiger partial charge >= 0.3 is 5.97 Å². The van der Waals surface area contributed by atoms with Gasteiger partial charge in [-0.15, -0.1) is 0 Å². The van der Waals surface area contributed by atoms with E-state index in [1.165, 1.54) is 11.8 Å². The van der Waals surface area contributed by atoms with Crippen molar-refractivity contribution in [3.05, 3.63) is 64.4 Å². The Morgan fingerprint density at radius 3 is 2.78 bits per heavy atom. The summed E-state index contributed by atoms with van der Waals surface area (Å²) in [5.74, 6) is 0.939. The average Bonchev–Trinajstić information content (AvgIpc) is 3.07. The Kier molecular flexibility index (Phi) is 5.77. The van der Waals surface area contributed by atoms with Gasteiger partial charge in [0.1, 0.15) is 5.75 Å². The van der Waals surface area contributed by atoms with E-state index in [1.807, 2.05) is 31.2 Å². The van der Waals surface area contributed by atoms with Crippen LogP contribution in [0.15, 0.2) is 53.6 Å². The zero-order valence-corrected chi connectivity index (χ0v) is 15.7. The zero-order valence-electron chi connectivity index (χ0n) is 14.9. The molecule has 1 N–H and O–H groups in total. The lowest BCUT2D eigenvalue weighted by Crippen LogP contribution is -2.01. The Morgan fingerprint density at radius 2 is 2.07 bits per heavy atom. The Hall–Kier alpha value is -3.26. The minimum absolute atomic E-state index is 0.370. The van der Waals surface area contributed by atoms with Gasteiger partial charge < -0.3 is 9.47 Å². The molecule has 7 nitrogen and oxygen atoms in total. The molecule has 1 aromatic heterocycles. The molecule has 27 heavy (non-hydrogen) atoms. The first-order chi connectivity index (χ1) is 13.1. The number of aromatic amines is 1. The van der Waals surface area contributed by atoms with Crippen LogP contribution in [0.1, 0.15) is 22.8 Å². The summed E-state index contributed by atoms with van der Waals surface area (Å²) < 4.78 is 12.1. The Morgan fingerprint density at radius 1 is 1.30 bits per heavy atom. The van der Waals surface area contributed by atoms with Crippen molar-refractivity contribution in [1.29, 1.82) is 0 Å². The van der Waals surface area contributed by atoms with Crippen LogP contribution in [0.3, 0.4) is 0 Å². The lowest BCUT2D eigenvalue weighted by Gasteiger charge is -2.05. The summed E-state index contributed by atoms with van der Waals surface area (Å²) >= 11 is 5.28. The van der Waals surface area contributed by atoms with Crippen molar-refractivity contribution in [1.82, 2.24) is 14.9 Å². The number of benzene rings is 2. The number of H-pyrrole nitrogens is 1. The number of methoxy groups -OCH3 is 1. The Bertz CT molecular complexity index is 1020. The molecule has 0 saturated heterocycles. The molecule has 0 aliphatic carbocycles. The number of esters is 1. The molecule has 8 heteroatoms. The number of carbonyl (C=O) groups is 1. The van der Waals surface area contributed by atoms with Gasteiger partial charge in [-0.1, -0.05) is 24.3 Å². The maximum atomic E-state index is 11.5. The van der Waals surface area contributed by atoms with Gasteiger partial charge in [0.05, 0.1) is 25.5 Å². The largest absolute Gasteiger partial charge is 0.494 e. The van der Waals surface area contributed by atoms with E-state index in [-0.39, 0.29) is 5.97 Å². The molecule has 0 radical (unpaired) electrons. The van der Waals surface area contributed by atoms with E-state index in [0.29, 0.717) is 22.8 Å². The molecule has 3 aromatic rings. The SMILES string of the molecule is CCOc1cccc(-c2n[nH]c(=S)n2/N=C/c2ccc(C(=O)OC)cc2)c1. The summed E-state index contributed by atoms with van der Waals surface area (Å²) in [5.41, 5.74) is 2.11. The number of ether oxygens (including phenoxy) is 2. The molecule has 0 atom stereocenters. The summed E-state index contributed by atoms with van der Waals surface area (Å²) in [7, 11) is 1.35. The smallest absolute Gasteiger partial charge is 0.337 e. The van der Waals surface area contributed by atoms with Gasteiger partial charge in [0.15, 0.2) is 5.82 Å². The molecule has 0 aliphatic heterocycles. The average molecular weight is 382 g/mol. The highest BCUT2D eigenvalue weighted by atomic mass is 32.1. The highest BCUT2D eigenvalue weighted by Gasteiger charge is 2.09. The molecule has 0 saturated carbocycles. The van der Waals surface area contributed by atoms with Gasteiger partial charge in [0.25, 0.3) is 0 Å². The van der Waals surface area contributed by atoms with Crippen LogP contribution >= 0.6 is 12.2 Å². The summed E-state index contributed by atoms with van der Waals surface area (Å²) in [6.45, 7) is 2.51. The van der Waals surface area contributed by atoms with Crippen LogP contribution in [-0.4, -0.2) is 40.8 Å². The lowest BCUT2D eigenvalue weighted by molar-refractivity contribution is 0.0600. The van der Waals surface area contributed by atoms with Crippen LogP contribution in [-0.2, 0) is 4.74 Å². The van der Waals surface area contributed by atoms with Crippen LogP contribution in [0.4, 0.5) is 0 Å². The van der Waals surface area contributed by atoms with Crippen LogP contribution in [0, 0.1) is 4.77 Å². The van der Waals surface area contributed by atoms with Crippen molar-refractivity contribution < 1.29 is 14.3 Å². The first-order valence-corrected chi connectivity index (χ1v) is 8.66. The van der Waals surface area contributed by atoms with Gasteiger partial charge in [-0.05, 0) is 49.0 Å². The van der Waals surface area contributed by atoms with Crippen LogP contribution in [0.5, 0.6) is 5.75 Å². The van der Waals surface area contributed by atoms with Crippen molar-refractivity contribution in [2.45, 2.75) is 6.92 Å². The molecule has 0 amide bonds. The van der Waals surface area contributed by atoms with Crippen LogP contribution in [0.25, 0.3) is 11.4 Å². The minimum Gasteiger partial charge on any atom is -0.494 e. The summed E-state index contributed by atoms with van der Waals surface area (Å²) in [6.07, 6.45) is 1.64. The van der Waals surface area contributed by atoms with Gasteiger partial charge in [0, 0.05) is 5.56 Å². The zero-order chi connectivity index (χ0) is 19.2. The first kappa shape index (κ1) is 18.5. The fourth-order valence-electron chi connectivity index (χ4n) is 2.42. The molecule has 1 heterocycles. The quantitative estimate of drug-likeness (QED) is 0.400. The van der Waals surface area contributed by atoms with Crippen LogP contribution in [0.2, 0.25) is 0 Å². The lowest BCUT2D eigenvalue weighted by atomic mass is 10.1.